The zero-order chi connectivity index (χ0) is 29.5. The van der Waals surface area contributed by atoms with Gasteiger partial charge in [0.05, 0.1) is 10.7 Å². The SMILES string of the molecule is CCCc1ccc(NC2CCCN(c3nc(-c4ccc(Cl)cc4Cl)cc4nc(C5CCN(C6CC6)CC5)nn34)C2)nc1N. The number of aromatic nitrogens is 5. The minimum atomic E-state index is 0.187. The lowest BCUT2D eigenvalue weighted by atomic mass is 9.96. The van der Waals surface area contributed by atoms with Crippen molar-refractivity contribution in [2.24, 2.45) is 0 Å². The average molecular weight is 621 g/mol. The van der Waals surface area contributed by atoms with Crippen LogP contribution in [0.15, 0.2) is 36.4 Å². The molecule has 4 aromatic rings. The number of benzene rings is 1. The number of fused-ring (bicyclic) bond motifs is 1. The van der Waals surface area contributed by atoms with E-state index >= 15 is 0 Å². The second-order valence-electron chi connectivity index (χ2n) is 12.3. The number of nitrogen functional groups attached to an aromatic ring is 1. The quantitative estimate of drug-likeness (QED) is 0.232. The first-order valence-corrected chi connectivity index (χ1v) is 16.4. The Hall–Kier alpha value is -3.14. The molecule has 0 radical (unpaired) electrons. The monoisotopic (exact) mass is 619 g/mol. The molecule has 0 amide bonds. The number of likely N-dealkylation sites (tertiary alicyclic amines) is 1. The summed E-state index contributed by atoms with van der Waals surface area (Å²) < 4.78 is 1.94. The standard InChI is InChI=1S/C32H39Cl2N9/c1-2-4-20-6-11-28(38-30(20)35)36-23-5-3-14-42(19-23)32-37-27(25-10-7-22(33)17-26(25)34)18-29-39-31(40-43(29)32)21-12-15-41(16-13-21)24-8-9-24/h6-7,10-11,17-18,21,23-24H,2-5,8-9,12-16,19H2,1H3,(H3,35,36,38). The van der Waals surface area contributed by atoms with Crippen molar-refractivity contribution in [1.82, 2.24) is 29.5 Å². The van der Waals surface area contributed by atoms with E-state index in [0.29, 0.717) is 21.8 Å². The summed E-state index contributed by atoms with van der Waals surface area (Å²) in [6, 6.07) is 12.7. The molecule has 1 aromatic carbocycles. The summed E-state index contributed by atoms with van der Waals surface area (Å²) in [5, 5.41) is 9.89. The summed E-state index contributed by atoms with van der Waals surface area (Å²) in [5.41, 5.74) is 9.75. The molecule has 1 saturated carbocycles. The van der Waals surface area contributed by atoms with Crippen molar-refractivity contribution >= 4 is 46.4 Å². The third-order valence-electron chi connectivity index (χ3n) is 9.08. The fraction of sp³-hybridized carbons (Fsp3) is 0.500. The van der Waals surface area contributed by atoms with Gasteiger partial charge in [-0.1, -0.05) is 42.6 Å². The Morgan fingerprint density at radius 3 is 2.53 bits per heavy atom. The van der Waals surface area contributed by atoms with E-state index in [1.165, 1.54) is 12.8 Å². The predicted octanol–water partition coefficient (Wildman–Crippen LogP) is 6.45. The van der Waals surface area contributed by atoms with Crippen molar-refractivity contribution in [1.29, 1.82) is 0 Å². The smallest absolute Gasteiger partial charge is 0.229 e. The highest BCUT2D eigenvalue weighted by Crippen LogP contribution is 2.36. The maximum absolute atomic E-state index is 6.67. The molecular weight excluding hydrogens is 581 g/mol. The fourth-order valence-electron chi connectivity index (χ4n) is 6.62. The molecule has 43 heavy (non-hydrogen) atoms. The van der Waals surface area contributed by atoms with Gasteiger partial charge in [-0.15, -0.1) is 5.10 Å². The summed E-state index contributed by atoms with van der Waals surface area (Å²) in [6.45, 7) is 6.03. The van der Waals surface area contributed by atoms with Gasteiger partial charge in [-0.2, -0.15) is 4.52 Å². The van der Waals surface area contributed by atoms with Gasteiger partial charge >= 0.3 is 0 Å². The van der Waals surface area contributed by atoms with Crippen molar-refractivity contribution in [3.8, 4) is 11.3 Å². The largest absolute Gasteiger partial charge is 0.383 e. The van der Waals surface area contributed by atoms with Crippen LogP contribution in [0, 0.1) is 0 Å². The third-order valence-corrected chi connectivity index (χ3v) is 9.63. The molecule has 1 atom stereocenters. The van der Waals surface area contributed by atoms with E-state index in [4.69, 9.17) is 44.0 Å². The first-order valence-electron chi connectivity index (χ1n) is 15.7. The van der Waals surface area contributed by atoms with Crippen LogP contribution >= 0.6 is 23.2 Å². The highest BCUT2D eigenvalue weighted by molar-refractivity contribution is 6.36. The molecule has 3 N–H and O–H groups in total. The molecule has 226 valence electrons. The van der Waals surface area contributed by atoms with Crippen LogP contribution < -0.4 is 16.0 Å². The van der Waals surface area contributed by atoms with Crippen molar-refractivity contribution in [2.75, 3.05) is 42.1 Å². The molecule has 3 fully saturated rings. The van der Waals surface area contributed by atoms with Crippen molar-refractivity contribution in [2.45, 2.75) is 76.3 Å². The van der Waals surface area contributed by atoms with Gasteiger partial charge in [0.15, 0.2) is 11.5 Å². The number of halogens is 2. The molecule has 5 heterocycles. The minimum Gasteiger partial charge on any atom is -0.383 e. The molecule has 2 saturated heterocycles. The third kappa shape index (κ3) is 6.12. The molecule has 2 aliphatic heterocycles. The van der Waals surface area contributed by atoms with Crippen molar-refractivity contribution < 1.29 is 0 Å². The number of rotatable bonds is 8. The predicted molar refractivity (Wildman–Crippen MR) is 174 cm³/mol. The highest BCUT2D eigenvalue weighted by atomic mass is 35.5. The average Bonchev–Trinajstić information content (AvgIpc) is 3.77. The molecule has 0 bridgehead atoms. The van der Waals surface area contributed by atoms with E-state index < -0.39 is 0 Å². The van der Waals surface area contributed by atoms with Crippen LogP contribution in [0.4, 0.5) is 17.6 Å². The Kier molecular flexibility index (Phi) is 8.05. The number of nitrogens with zero attached hydrogens (tertiary/aromatic N) is 7. The van der Waals surface area contributed by atoms with Gasteiger partial charge in [0.1, 0.15) is 11.6 Å². The summed E-state index contributed by atoms with van der Waals surface area (Å²) >= 11 is 12.9. The Morgan fingerprint density at radius 2 is 1.79 bits per heavy atom. The van der Waals surface area contributed by atoms with Crippen LogP contribution in [-0.2, 0) is 6.42 Å². The topological polar surface area (TPSA) is 100 Å². The molecule has 11 heteroatoms. The Labute approximate surface area is 262 Å². The van der Waals surface area contributed by atoms with Gasteiger partial charge in [0.25, 0.3) is 0 Å². The molecule has 7 rings (SSSR count). The van der Waals surface area contributed by atoms with Gasteiger partial charge in [-0.05, 0) is 87.9 Å². The molecular formula is C32H39Cl2N9. The number of nitrogens with two attached hydrogens (primary N) is 1. The molecule has 3 aromatic heterocycles. The number of anilines is 3. The van der Waals surface area contributed by atoms with Crippen LogP contribution in [0.25, 0.3) is 16.9 Å². The van der Waals surface area contributed by atoms with E-state index in [-0.39, 0.29) is 6.04 Å². The van der Waals surface area contributed by atoms with Gasteiger partial charge in [0, 0.05) is 47.7 Å². The lowest BCUT2D eigenvalue weighted by Gasteiger charge is -2.34. The molecule has 1 aliphatic carbocycles. The van der Waals surface area contributed by atoms with E-state index in [1.807, 2.05) is 28.8 Å². The lowest BCUT2D eigenvalue weighted by molar-refractivity contribution is 0.200. The maximum Gasteiger partial charge on any atom is 0.229 e. The highest BCUT2D eigenvalue weighted by Gasteiger charge is 2.34. The molecule has 1 unspecified atom stereocenters. The number of pyridine rings is 1. The van der Waals surface area contributed by atoms with Gasteiger partial charge in [-0.3, -0.25) is 0 Å². The van der Waals surface area contributed by atoms with Crippen molar-refractivity contribution in [3.05, 3.63) is 57.8 Å². The van der Waals surface area contributed by atoms with Gasteiger partial charge in [-0.25, -0.2) is 15.0 Å². The van der Waals surface area contributed by atoms with Gasteiger partial charge < -0.3 is 20.9 Å². The van der Waals surface area contributed by atoms with E-state index in [1.54, 1.807) is 6.07 Å². The van der Waals surface area contributed by atoms with Crippen molar-refractivity contribution in [3.63, 3.8) is 0 Å². The van der Waals surface area contributed by atoms with E-state index in [2.05, 4.69) is 33.1 Å². The normalized spacial score (nSPS) is 20.2. The van der Waals surface area contributed by atoms with Crippen LogP contribution in [-0.4, -0.2) is 67.7 Å². The molecule has 9 nitrogen and oxygen atoms in total. The number of hydrogen-bond donors (Lipinski definition) is 2. The summed E-state index contributed by atoms with van der Waals surface area (Å²) in [5.74, 6) is 3.47. The fourth-order valence-corrected chi connectivity index (χ4v) is 7.12. The zero-order valence-corrected chi connectivity index (χ0v) is 26.2. The van der Waals surface area contributed by atoms with Crippen LogP contribution in [0.1, 0.15) is 69.2 Å². The maximum atomic E-state index is 6.67. The zero-order valence-electron chi connectivity index (χ0n) is 24.6. The number of piperidine rings is 2. The van der Waals surface area contributed by atoms with Crippen LogP contribution in [0.3, 0.4) is 0 Å². The summed E-state index contributed by atoms with van der Waals surface area (Å²) in [4.78, 5) is 19.9. The summed E-state index contributed by atoms with van der Waals surface area (Å²) in [6.07, 6.45) is 8.90. The first kappa shape index (κ1) is 28.6. The second kappa shape index (κ2) is 12.1. The number of aryl methyl sites for hydroxylation is 1. The second-order valence-corrected chi connectivity index (χ2v) is 13.1. The first-order chi connectivity index (χ1) is 20.9. The molecule has 3 aliphatic rings. The van der Waals surface area contributed by atoms with Crippen LogP contribution in [0.5, 0.6) is 0 Å². The Balaban J connectivity index is 1.19. The minimum absolute atomic E-state index is 0.187. The lowest BCUT2D eigenvalue weighted by Crippen LogP contribution is -2.43. The van der Waals surface area contributed by atoms with E-state index in [9.17, 15) is 0 Å². The molecule has 0 spiro atoms. The van der Waals surface area contributed by atoms with Crippen LogP contribution in [0.2, 0.25) is 10.0 Å². The van der Waals surface area contributed by atoms with Gasteiger partial charge in [0.2, 0.25) is 5.95 Å². The van der Waals surface area contributed by atoms with E-state index in [0.717, 1.165) is 111 Å². The number of nitrogens with one attached hydrogen (secondary N) is 1. The number of hydrogen-bond acceptors (Lipinski definition) is 8. The summed E-state index contributed by atoms with van der Waals surface area (Å²) in [7, 11) is 0. The Morgan fingerprint density at radius 1 is 0.953 bits per heavy atom. The Bertz CT molecular complexity index is 1610.